The minimum atomic E-state index is 0.735. The van der Waals surface area contributed by atoms with Gasteiger partial charge in [0.05, 0.1) is 6.61 Å². The van der Waals surface area contributed by atoms with E-state index in [1.807, 2.05) is 0 Å². The van der Waals surface area contributed by atoms with Crippen molar-refractivity contribution in [1.82, 2.24) is 0 Å². The lowest BCUT2D eigenvalue weighted by Gasteiger charge is -2.11. The van der Waals surface area contributed by atoms with Crippen LogP contribution in [0.2, 0.25) is 0 Å². The van der Waals surface area contributed by atoms with Crippen molar-refractivity contribution in [3.8, 4) is 5.75 Å². The Hall–Kier alpha value is -0.290. The van der Waals surface area contributed by atoms with Crippen LogP contribution < -0.4 is 10.5 Å². The van der Waals surface area contributed by atoms with Crippen LogP contribution in [0.25, 0.3) is 0 Å². The van der Waals surface area contributed by atoms with Crippen LogP contribution in [0.3, 0.4) is 0 Å². The molecule has 0 unspecified atom stereocenters. The lowest BCUT2D eigenvalue weighted by molar-refractivity contribution is 0.314. The van der Waals surface area contributed by atoms with Gasteiger partial charge in [0.25, 0.3) is 0 Å². The molecular formula is C12H18INO. The molecule has 0 saturated heterocycles. The van der Waals surface area contributed by atoms with E-state index in [1.54, 1.807) is 0 Å². The van der Waals surface area contributed by atoms with E-state index >= 15 is 0 Å². The van der Waals surface area contributed by atoms with Crippen molar-refractivity contribution in [1.29, 1.82) is 0 Å². The first-order valence-electron chi connectivity index (χ1n) is 5.39. The lowest BCUT2D eigenvalue weighted by atomic mass is 10.1. The summed E-state index contributed by atoms with van der Waals surface area (Å²) in [7, 11) is 0. The van der Waals surface area contributed by atoms with Gasteiger partial charge in [0.15, 0.2) is 0 Å². The zero-order chi connectivity index (χ0) is 11.1. The Morgan fingerprint density at radius 3 is 2.87 bits per heavy atom. The van der Waals surface area contributed by atoms with E-state index in [1.165, 1.54) is 9.13 Å². The van der Waals surface area contributed by atoms with Crippen molar-refractivity contribution in [3.05, 3.63) is 27.3 Å². The van der Waals surface area contributed by atoms with Crippen molar-refractivity contribution in [2.75, 3.05) is 13.2 Å². The molecule has 0 bridgehead atoms. The highest BCUT2D eigenvalue weighted by atomic mass is 127. The highest BCUT2D eigenvalue weighted by Gasteiger charge is 2.03. The van der Waals surface area contributed by atoms with Crippen LogP contribution >= 0.6 is 22.6 Å². The second-order valence-corrected chi connectivity index (χ2v) is 4.74. The van der Waals surface area contributed by atoms with Crippen molar-refractivity contribution < 1.29 is 4.74 Å². The quantitative estimate of drug-likeness (QED) is 0.818. The van der Waals surface area contributed by atoms with Gasteiger partial charge in [-0.2, -0.15) is 0 Å². The maximum atomic E-state index is 5.69. The molecule has 84 valence electrons. The number of halogens is 1. The maximum absolute atomic E-state index is 5.69. The standard InChI is InChI=1S/C12H18INO/c1-2-8-15-12-6-5-11(13)9-10(12)4-3-7-14/h5-6,9H,2-4,7-8,14H2,1H3. The topological polar surface area (TPSA) is 35.2 Å². The fraction of sp³-hybridized carbons (Fsp3) is 0.500. The smallest absolute Gasteiger partial charge is 0.122 e. The fourth-order valence-electron chi connectivity index (χ4n) is 1.39. The number of hydrogen-bond donors (Lipinski definition) is 1. The molecule has 0 aliphatic carbocycles. The first kappa shape index (κ1) is 12.8. The number of rotatable bonds is 6. The van der Waals surface area contributed by atoms with Gasteiger partial charge in [0.1, 0.15) is 5.75 Å². The normalized spacial score (nSPS) is 10.3. The van der Waals surface area contributed by atoms with E-state index in [4.69, 9.17) is 10.5 Å². The largest absolute Gasteiger partial charge is 0.493 e. The van der Waals surface area contributed by atoms with Crippen LogP contribution in [0.1, 0.15) is 25.3 Å². The predicted molar refractivity (Wildman–Crippen MR) is 72.3 cm³/mol. The molecule has 0 fully saturated rings. The third kappa shape index (κ3) is 4.38. The predicted octanol–water partition coefficient (Wildman–Crippen LogP) is 2.97. The Balaban J connectivity index is 2.73. The summed E-state index contributed by atoms with van der Waals surface area (Å²) < 4.78 is 6.95. The Labute approximate surface area is 105 Å². The summed E-state index contributed by atoms with van der Waals surface area (Å²) in [6.07, 6.45) is 3.07. The first-order chi connectivity index (χ1) is 7.27. The Kier molecular flexibility index (Phi) is 6.02. The molecule has 1 aromatic carbocycles. The second-order valence-electron chi connectivity index (χ2n) is 3.49. The molecule has 0 aromatic heterocycles. The number of nitrogens with two attached hydrogens (primary N) is 1. The van der Waals surface area contributed by atoms with Crippen LogP contribution in [0, 0.1) is 3.57 Å². The van der Waals surface area contributed by atoms with Gasteiger partial charge in [0.2, 0.25) is 0 Å². The highest BCUT2D eigenvalue weighted by Crippen LogP contribution is 2.22. The van der Waals surface area contributed by atoms with Crippen molar-refractivity contribution in [2.24, 2.45) is 5.73 Å². The van der Waals surface area contributed by atoms with E-state index in [0.717, 1.165) is 38.2 Å². The molecule has 15 heavy (non-hydrogen) atoms. The van der Waals surface area contributed by atoms with Gasteiger partial charge >= 0.3 is 0 Å². The van der Waals surface area contributed by atoms with Gasteiger partial charge < -0.3 is 10.5 Å². The van der Waals surface area contributed by atoms with Gasteiger partial charge in [-0.05, 0) is 72.2 Å². The summed E-state index contributed by atoms with van der Waals surface area (Å²) in [4.78, 5) is 0. The van der Waals surface area contributed by atoms with Crippen molar-refractivity contribution in [3.63, 3.8) is 0 Å². The molecule has 1 rings (SSSR count). The number of hydrogen-bond acceptors (Lipinski definition) is 2. The van der Waals surface area contributed by atoms with Gasteiger partial charge in [-0.1, -0.05) is 6.92 Å². The van der Waals surface area contributed by atoms with Crippen LogP contribution in [-0.2, 0) is 6.42 Å². The number of benzene rings is 1. The Bertz CT molecular complexity index is 302. The lowest BCUT2D eigenvalue weighted by Crippen LogP contribution is -2.03. The van der Waals surface area contributed by atoms with Crippen LogP contribution in [0.4, 0.5) is 0 Å². The molecule has 3 heteroatoms. The van der Waals surface area contributed by atoms with E-state index < -0.39 is 0 Å². The Morgan fingerprint density at radius 1 is 1.40 bits per heavy atom. The summed E-state index contributed by atoms with van der Waals surface area (Å²) >= 11 is 2.32. The van der Waals surface area contributed by atoms with Crippen molar-refractivity contribution >= 4 is 22.6 Å². The summed E-state index contributed by atoms with van der Waals surface area (Å²) in [6, 6.07) is 6.32. The highest BCUT2D eigenvalue weighted by molar-refractivity contribution is 14.1. The van der Waals surface area contributed by atoms with E-state index in [2.05, 4.69) is 47.7 Å². The van der Waals surface area contributed by atoms with E-state index in [-0.39, 0.29) is 0 Å². The monoisotopic (exact) mass is 319 g/mol. The summed E-state index contributed by atoms with van der Waals surface area (Å²) in [6.45, 7) is 3.64. The summed E-state index contributed by atoms with van der Waals surface area (Å²) in [5, 5.41) is 0. The molecule has 0 spiro atoms. The Morgan fingerprint density at radius 2 is 2.20 bits per heavy atom. The number of ether oxygens (including phenoxy) is 1. The fourth-order valence-corrected chi connectivity index (χ4v) is 1.94. The summed E-state index contributed by atoms with van der Waals surface area (Å²) in [5.74, 6) is 1.02. The van der Waals surface area contributed by atoms with Crippen LogP contribution in [-0.4, -0.2) is 13.2 Å². The molecule has 0 atom stereocenters. The minimum absolute atomic E-state index is 0.735. The molecular weight excluding hydrogens is 301 g/mol. The van der Waals surface area contributed by atoms with Gasteiger partial charge in [-0.3, -0.25) is 0 Å². The molecule has 0 radical (unpaired) electrons. The molecule has 2 nitrogen and oxygen atoms in total. The SMILES string of the molecule is CCCOc1ccc(I)cc1CCCN. The van der Waals surface area contributed by atoms with E-state index in [9.17, 15) is 0 Å². The zero-order valence-electron chi connectivity index (χ0n) is 9.13. The van der Waals surface area contributed by atoms with Crippen molar-refractivity contribution in [2.45, 2.75) is 26.2 Å². The third-order valence-electron chi connectivity index (χ3n) is 2.13. The molecule has 0 heterocycles. The minimum Gasteiger partial charge on any atom is -0.493 e. The molecule has 2 N–H and O–H groups in total. The second kappa shape index (κ2) is 7.06. The first-order valence-corrected chi connectivity index (χ1v) is 6.47. The van der Waals surface area contributed by atoms with Gasteiger partial charge in [-0.15, -0.1) is 0 Å². The molecule has 0 amide bonds. The molecule has 0 saturated carbocycles. The van der Waals surface area contributed by atoms with E-state index in [0.29, 0.717) is 0 Å². The maximum Gasteiger partial charge on any atom is 0.122 e. The third-order valence-corrected chi connectivity index (χ3v) is 2.81. The van der Waals surface area contributed by atoms with Gasteiger partial charge in [0, 0.05) is 3.57 Å². The molecule has 1 aromatic rings. The molecule has 0 aliphatic heterocycles. The zero-order valence-corrected chi connectivity index (χ0v) is 11.3. The average molecular weight is 319 g/mol. The van der Waals surface area contributed by atoms with Crippen LogP contribution in [0.15, 0.2) is 18.2 Å². The molecule has 0 aliphatic rings. The number of aryl methyl sites for hydroxylation is 1. The van der Waals surface area contributed by atoms with Gasteiger partial charge in [-0.25, -0.2) is 0 Å². The van der Waals surface area contributed by atoms with Crippen LogP contribution in [0.5, 0.6) is 5.75 Å². The summed E-state index contributed by atoms with van der Waals surface area (Å²) in [5.41, 5.74) is 6.80. The average Bonchev–Trinajstić information content (AvgIpc) is 2.25.